The molecule has 2 heterocycles. The number of aliphatic hydroxyl groups excluding tert-OH is 1. The van der Waals surface area contributed by atoms with E-state index in [-0.39, 0.29) is 17.7 Å². The maximum absolute atomic E-state index is 13.2. The number of benzene rings is 3. The van der Waals surface area contributed by atoms with E-state index >= 15 is 0 Å². The number of carbonyl (C=O) groups is 1. The number of anilines is 1. The molecule has 5 aromatic rings. The summed E-state index contributed by atoms with van der Waals surface area (Å²) in [6.07, 6.45) is 1.08. The van der Waals surface area contributed by atoms with Gasteiger partial charge in [-0.3, -0.25) is 19.3 Å². The molecule has 0 unspecified atom stereocenters. The predicted octanol–water partition coefficient (Wildman–Crippen LogP) is 5.15. The number of fused-ring (bicyclic) bond motifs is 1. The minimum Gasteiger partial charge on any atom is -0.491 e. The van der Waals surface area contributed by atoms with Crippen LogP contribution in [0.15, 0.2) is 83.8 Å². The molecule has 0 aliphatic heterocycles. The summed E-state index contributed by atoms with van der Waals surface area (Å²) < 4.78 is 14.8. The third-order valence-electron chi connectivity index (χ3n) is 6.56. The number of aliphatic hydroxyl groups is 1. The van der Waals surface area contributed by atoms with E-state index in [2.05, 4.69) is 10.3 Å². The molecule has 204 valence electrons. The average Bonchev–Trinajstić information content (AvgIpc) is 3.16. The topological polar surface area (TPSA) is 108 Å². The lowest BCUT2D eigenvalue weighted by Gasteiger charge is -2.12. The van der Waals surface area contributed by atoms with Crippen LogP contribution >= 0.6 is 0 Å². The number of carbonyl (C=O) groups excluding carboxylic acids is 1. The summed E-state index contributed by atoms with van der Waals surface area (Å²) >= 11 is 0. The second-order valence-corrected chi connectivity index (χ2v) is 9.67. The van der Waals surface area contributed by atoms with Crippen LogP contribution in [-0.4, -0.2) is 38.1 Å². The normalized spacial score (nSPS) is 11.8. The van der Waals surface area contributed by atoms with Crippen molar-refractivity contribution in [1.29, 1.82) is 0 Å². The van der Waals surface area contributed by atoms with Crippen molar-refractivity contribution in [3.05, 3.63) is 106 Å². The zero-order valence-electron chi connectivity index (χ0n) is 22.7. The van der Waals surface area contributed by atoms with Crippen molar-refractivity contribution in [2.75, 3.05) is 11.9 Å². The van der Waals surface area contributed by atoms with Crippen LogP contribution in [-0.2, 0) is 7.05 Å². The molecule has 0 aliphatic carbocycles. The highest BCUT2D eigenvalue weighted by Gasteiger charge is 2.22. The Labute approximate surface area is 231 Å². The van der Waals surface area contributed by atoms with Gasteiger partial charge in [-0.15, -0.1) is 0 Å². The number of nitrogens with zero attached hydrogens (tertiary/aromatic N) is 3. The smallest absolute Gasteiger partial charge is 0.284 e. The summed E-state index contributed by atoms with van der Waals surface area (Å²) in [7, 11) is 1.76. The number of aryl methyl sites for hydroxylation is 1. The van der Waals surface area contributed by atoms with Gasteiger partial charge in [0.1, 0.15) is 29.4 Å². The van der Waals surface area contributed by atoms with Crippen LogP contribution in [0.25, 0.3) is 16.6 Å². The molecule has 0 radical (unpaired) electrons. The van der Waals surface area contributed by atoms with Crippen molar-refractivity contribution in [3.8, 4) is 22.9 Å². The zero-order valence-corrected chi connectivity index (χ0v) is 22.7. The van der Waals surface area contributed by atoms with Gasteiger partial charge in [-0.1, -0.05) is 17.7 Å². The highest BCUT2D eigenvalue weighted by Crippen LogP contribution is 2.31. The van der Waals surface area contributed by atoms with E-state index in [9.17, 15) is 14.7 Å². The summed E-state index contributed by atoms with van der Waals surface area (Å²) in [6.45, 7) is 5.58. The first-order chi connectivity index (χ1) is 19.2. The quantitative estimate of drug-likeness (QED) is 0.283. The average molecular weight is 539 g/mol. The fraction of sp³-hybridized carbons (Fsp3) is 0.194. The van der Waals surface area contributed by atoms with E-state index in [1.807, 2.05) is 37.3 Å². The summed E-state index contributed by atoms with van der Waals surface area (Å²) in [4.78, 5) is 30.7. The molecule has 1 atom stereocenters. The SMILES string of the molecule is Cc1ccc(-n2c(=O)c(C(=O)Nc3ccc(Oc4ccnc5cc(OC[C@H](C)O)ccc45)cc3)c(C)n2C)cc1. The Morgan fingerprint density at radius 3 is 2.40 bits per heavy atom. The molecule has 0 fully saturated rings. The Kier molecular flexibility index (Phi) is 7.39. The first kappa shape index (κ1) is 26.7. The second kappa shape index (κ2) is 11.1. The van der Waals surface area contributed by atoms with Gasteiger partial charge in [0.2, 0.25) is 0 Å². The van der Waals surface area contributed by atoms with Gasteiger partial charge in [0, 0.05) is 30.4 Å². The summed E-state index contributed by atoms with van der Waals surface area (Å²) in [6, 6.07) is 21.7. The summed E-state index contributed by atoms with van der Waals surface area (Å²) in [5.41, 5.74) is 3.26. The molecule has 1 amide bonds. The molecule has 9 nitrogen and oxygen atoms in total. The van der Waals surface area contributed by atoms with Crippen LogP contribution in [0.5, 0.6) is 17.2 Å². The van der Waals surface area contributed by atoms with Crippen molar-refractivity contribution >= 4 is 22.5 Å². The van der Waals surface area contributed by atoms with E-state index in [1.54, 1.807) is 74.2 Å². The van der Waals surface area contributed by atoms with Gasteiger partial charge in [-0.25, -0.2) is 4.68 Å². The van der Waals surface area contributed by atoms with Crippen molar-refractivity contribution < 1.29 is 19.4 Å². The predicted molar refractivity (Wildman–Crippen MR) is 154 cm³/mol. The highest BCUT2D eigenvalue weighted by atomic mass is 16.5. The van der Waals surface area contributed by atoms with Gasteiger partial charge in [-0.2, -0.15) is 0 Å². The van der Waals surface area contributed by atoms with Crippen LogP contribution < -0.4 is 20.3 Å². The van der Waals surface area contributed by atoms with Gasteiger partial charge in [0.25, 0.3) is 11.5 Å². The van der Waals surface area contributed by atoms with Gasteiger partial charge in [0.05, 0.1) is 23.0 Å². The monoisotopic (exact) mass is 538 g/mol. The Balaban J connectivity index is 1.32. The fourth-order valence-corrected chi connectivity index (χ4v) is 4.37. The van der Waals surface area contributed by atoms with Crippen LogP contribution in [0, 0.1) is 13.8 Å². The van der Waals surface area contributed by atoms with Gasteiger partial charge in [0.15, 0.2) is 0 Å². The molecule has 0 aliphatic rings. The largest absolute Gasteiger partial charge is 0.491 e. The maximum atomic E-state index is 13.2. The lowest BCUT2D eigenvalue weighted by molar-refractivity contribution is 0.102. The lowest BCUT2D eigenvalue weighted by atomic mass is 10.2. The van der Waals surface area contributed by atoms with Crippen LogP contribution in [0.1, 0.15) is 28.5 Å². The molecule has 0 spiro atoms. The molecule has 2 aromatic heterocycles. The first-order valence-corrected chi connectivity index (χ1v) is 12.9. The Morgan fingerprint density at radius 1 is 1.00 bits per heavy atom. The lowest BCUT2D eigenvalue weighted by Crippen LogP contribution is -2.25. The minimum absolute atomic E-state index is 0.0865. The van der Waals surface area contributed by atoms with Crippen LogP contribution in [0.2, 0.25) is 0 Å². The van der Waals surface area contributed by atoms with E-state index in [0.717, 1.165) is 10.9 Å². The highest BCUT2D eigenvalue weighted by molar-refractivity contribution is 6.05. The summed E-state index contributed by atoms with van der Waals surface area (Å²) in [5.74, 6) is 1.31. The number of rotatable bonds is 8. The number of amides is 1. The standard InChI is InChI=1S/C31H30N4O5/c1-19-5-9-23(10-6-19)35-31(38)29(21(3)34(35)4)30(37)33-22-7-11-24(12-8-22)40-28-15-16-32-27-17-25(13-14-26(27)28)39-18-20(2)36/h5-17,20,36H,18H2,1-4H3,(H,33,37)/t20-/m0/s1. The van der Waals surface area contributed by atoms with Gasteiger partial charge in [-0.05, 0) is 75.4 Å². The Hall–Kier alpha value is -4.89. The fourth-order valence-electron chi connectivity index (χ4n) is 4.37. The molecule has 2 N–H and O–H groups in total. The molecule has 0 bridgehead atoms. The molecule has 40 heavy (non-hydrogen) atoms. The molecular formula is C31H30N4O5. The molecule has 0 saturated carbocycles. The van der Waals surface area contributed by atoms with Gasteiger partial charge < -0.3 is 19.9 Å². The Bertz CT molecular complexity index is 1740. The maximum Gasteiger partial charge on any atom is 0.284 e. The van der Waals surface area contributed by atoms with E-state index in [1.165, 1.54) is 4.68 Å². The van der Waals surface area contributed by atoms with E-state index < -0.39 is 12.0 Å². The minimum atomic E-state index is -0.569. The zero-order chi connectivity index (χ0) is 28.4. The number of pyridine rings is 1. The van der Waals surface area contributed by atoms with Crippen molar-refractivity contribution in [2.24, 2.45) is 7.05 Å². The third kappa shape index (κ3) is 5.45. The molecule has 9 heteroatoms. The Morgan fingerprint density at radius 2 is 1.70 bits per heavy atom. The van der Waals surface area contributed by atoms with Gasteiger partial charge >= 0.3 is 0 Å². The number of aromatic nitrogens is 3. The van der Waals surface area contributed by atoms with E-state index in [4.69, 9.17) is 9.47 Å². The molecule has 3 aromatic carbocycles. The number of hydrogen-bond donors (Lipinski definition) is 2. The first-order valence-electron chi connectivity index (χ1n) is 12.9. The van der Waals surface area contributed by atoms with Crippen molar-refractivity contribution in [3.63, 3.8) is 0 Å². The second-order valence-electron chi connectivity index (χ2n) is 9.67. The van der Waals surface area contributed by atoms with Crippen LogP contribution in [0.3, 0.4) is 0 Å². The third-order valence-corrected chi connectivity index (χ3v) is 6.56. The van der Waals surface area contributed by atoms with Crippen LogP contribution in [0.4, 0.5) is 5.69 Å². The summed E-state index contributed by atoms with van der Waals surface area (Å²) in [5, 5.41) is 13.1. The molecule has 0 saturated heterocycles. The number of nitrogens with one attached hydrogen (secondary N) is 1. The molecular weight excluding hydrogens is 508 g/mol. The molecule has 5 rings (SSSR count). The van der Waals surface area contributed by atoms with Crippen molar-refractivity contribution in [2.45, 2.75) is 26.9 Å². The number of ether oxygens (including phenoxy) is 2. The van der Waals surface area contributed by atoms with E-state index in [0.29, 0.717) is 39.8 Å². The number of hydrogen-bond acceptors (Lipinski definition) is 6. The van der Waals surface area contributed by atoms with Crippen molar-refractivity contribution in [1.82, 2.24) is 14.3 Å².